The summed E-state index contributed by atoms with van der Waals surface area (Å²) >= 11 is 0. The number of benzene rings is 1. The van der Waals surface area contributed by atoms with Gasteiger partial charge >= 0.3 is 0 Å². The lowest BCUT2D eigenvalue weighted by Crippen LogP contribution is -2.16. The summed E-state index contributed by atoms with van der Waals surface area (Å²) in [6, 6.07) is 4.50. The number of hydrogen-bond acceptors (Lipinski definition) is 5. The van der Waals surface area contributed by atoms with E-state index < -0.39 is 14.0 Å². The van der Waals surface area contributed by atoms with Crippen LogP contribution in [0, 0.1) is 23.0 Å². The number of rotatable bonds is 6. The van der Waals surface area contributed by atoms with Gasteiger partial charge in [-0.05, 0) is 13.0 Å². The van der Waals surface area contributed by atoms with Crippen LogP contribution in [0.4, 0.5) is 5.69 Å². The van der Waals surface area contributed by atoms with Crippen molar-refractivity contribution in [2.75, 3.05) is 12.4 Å². The predicted octanol–water partition coefficient (Wildman–Crippen LogP) is 2.49. The molecule has 106 valence electrons. The Morgan fingerprint density at radius 1 is 1.47 bits per heavy atom. The fourth-order valence-corrected chi connectivity index (χ4v) is 3.00. The Kier molecular flexibility index (Phi) is 5.13. The first-order valence-electron chi connectivity index (χ1n) is 5.50. The summed E-state index contributed by atoms with van der Waals surface area (Å²) in [7, 11) is 1.56. The van der Waals surface area contributed by atoms with Gasteiger partial charge in [0, 0.05) is 22.7 Å². The van der Waals surface area contributed by atoms with E-state index in [2.05, 4.69) is 0 Å². The molecule has 1 aromatic carbocycles. The quantitative estimate of drug-likeness (QED) is 0.458. The molecule has 0 aliphatic heterocycles. The van der Waals surface area contributed by atoms with E-state index in [0.717, 1.165) is 0 Å². The molecule has 0 saturated carbocycles. The van der Waals surface area contributed by atoms with Gasteiger partial charge in [-0.25, -0.2) is 8.42 Å². The fourth-order valence-electron chi connectivity index (χ4n) is 1.58. The molecule has 0 heterocycles. The number of ether oxygens (including phenoxy) is 1. The molecule has 0 saturated heterocycles. The number of hydrogen-bond donors (Lipinski definition) is 0. The highest BCUT2D eigenvalue weighted by atomic mass is 35.7. The molecule has 0 bridgehead atoms. The molecule has 1 aromatic rings. The van der Waals surface area contributed by atoms with Crippen molar-refractivity contribution in [3.05, 3.63) is 33.9 Å². The van der Waals surface area contributed by atoms with E-state index in [0.29, 0.717) is 11.3 Å². The van der Waals surface area contributed by atoms with E-state index in [1.54, 1.807) is 19.9 Å². The summed E-state index contributed by atoms with van der Waals surface area (Å²) in [5, 5.41) is 10.8. The minimum absolute atomic E-state index is 0.0323. The van der Waals surface area contributed by atoms with Gasteiger partial charge in [0.2, 0.25) is 9.05 Å². The Morgan fingerprint density at radius 2 is 2.11 bits per heavy atom. The molecule has 0 N–H and O–H groups in total. The monoisotopic (exact) mass is 307 g/mol. The number of halogens is 1. The van der Waals surface area contributed by atoms with E-state index in [4.69, 9.17) is 15.4 Å². The van der Waals surface area contributed by atoms with E-state index >= 15 is 0 Å². The van der Waals surface area contributed by atoms with E-state index in [1.807, 2.05) is 0 Å². The normalized spacial score (nSPS) is 13.0. The van der Waals surface area contributed by atoms with Gasteiger partial charge in [-0.15, -0.1) is 0 Å². The molecule has 0 aliphatic carbocycles. The van der Waals surface area contributed by atoms with Crippen LogP contribution in [-0.2, 0) is 9.05 Å². The SMILES string of the molecule is Cc1c(OCC(C)CS(=O)(=O)Cl)cccc1[N+](=O)[O-]. The molecule has 0 amide bonds. The maximum Gasteiger partial charge on any atom is 0.276 e. The first-order chi connectivity index (χ1) is 8.70. The molecule has 0 fully saturated rings. The van der Waals surface area contributed by atoms with Gasteiger partial charge in [0.15, 0.2) is 0 Å². The van der Waals surface area contributed by atoms with Crippen LogP contribution < -0.4 is 4.74 Å². The van der Waals surface area contributed by atoms with Gasteiger partial charge in [-0.2, -0.15) is 0 Å². The molecule has 0 radical (unpaired) electrons. The predicted molar refractivity (Wildman–Crippen MR) is 72.1 cm³/mol. The molecule has 1 atom stereocenters. The Morgan fingerprint density at radius 3 is 2.63 bits per heavy atom. The van der Waals surface area contributed by atoms with Gasteiger partial charge in [-0.3, -0.25) is 10.1 Å². The number of nitrogens with zero attached hydrogens (tertiary/aromatic N) is 1. The first-order valence-corrected chi connectivity index (χ1v) is 7.97. The third kappa shape index (κ3) is 5.04. The smallest absolute Gasteiger partial charge is 0.276 e. The van der Waals surface area contributed by atoms with Crippen molar-refractivity contribution in [2.45, 2.75) is 13.8 Å². The summed E-state index contributed by atoms with van der Waals surface area (Å²) in [4.78, 5) is 10.3. The highest BCUT2D eigenvalue weighted by Crippen LogP contribution is 2.27. The van der Waals surface area contributed by atoms with Crippen molar-refractivity contribution in [1.29, 1.82) is 0 Å². The lowest BCUT2D eigenvalue weighted by Gasteiger charge is -2.13. The van der Waals surface area contributed by atoms with Gasteiger partial charge in [-0.1, -0.05) is 13.0 Å². The standard InChI is InChI=1S/C11H14ClNO5S/c1-8(7-19(12,16)17)6-18-11-5-3-4-10(9(11)2)13(14)15/h3-5,8H,6-7H2,1-2H3. The minimum atomic E-state index is -3.58. The molecular formula is C11H14ClNO5S. The van der Waals surface area contributed by atoms with Crippen LogP contribution in [0.25, 0.3) is 0 Å². The molecule has 8 heteroatoms. The summed E-state index contributed by atoms with van der Waals surface area (Å²) < 4.78 is 27.2. The van der Waals surface area contributed by atoms with Crippen molar-refractivity contribution < 1.29 is 18.1 Å². The Balaban J connectivity index is 2.74. The second-order valence-corrected chi connectivity index (χ2v) is 7.10. The van der Waals surface area contributed by atoms with Crippen LogP contribution in [0.15, 0.2) is 18.2 Å². The summed E-state index contributed by atoms with van der Waals surface area (Å²) in [5.41, 5.74) is 0.378. The molecule has 6 nitrogen and oxygen atoms in total. The average molecular weight is 308 g/mol. The van der Waals surface area contributed by atoms with Crippen molar-refractivity contribution in [1.82, 2.24) is 0 Å². The molecule has 1 unspecified atom stereocenters. The molecule has 1 rings (SSSR count). The van der Waals surface area contributed by atoms with Gasteiger partial charge in [0.25, 0.3) is 5.69 Å². The van der Waals surface area contributed by atoms with Crippen LogP contribution in [0.5, 0.6) is 5.75 Å². The lowest BCUT2D eigenvalue weighted by molar-refractivity contribution is -0.385. The first kappa shape index (κ1) is 15.7. The molecule has 19 heavy (non-hydrogen) atoms. The zero-order valence-electron chi connectivity index (χ0n) is 10.5. The third-order valence-electron chi connectivity index (χ3n) is 2.46. The third-order valence-corrected chi connectivity index (χ3v) is 3.80. The highest BCUT2D eigenvalue weighted by molar-refractivity contribution is 8.13. The van der Waals surface area contributed by atoms with Gasteiger partial charge < -0.3 is 4.74 Å². The van der Waals surface area contributed by atoms with Crippen LogP contribution >= 0.6 is 10.7 Å². The largest absolute Gasteiger partial charge is 0.493 e. The van der Waals surface area contributed by atoms with Crippen molar-refractivity contribution >= 4 is 25.4 Å². The van der Waals surface area contributed by atoms with E-state index in [-0.39, 0.29) is 24.0 Å². The second kappa shape index (κ2) is 6.21. The van der Waals surface area contributed by atoms with E-state index in [9.17, 15) is 18.5 Å². The second-order valence-electron chi connectivity index (χ2n) is 4.28. The molecule has 0 aliphatic rings. The van der Waals surface area contributed by atoms with Crippen molar-refractivity contribution in [3.8, 4) is 5.75 Å². The zero-order chi connectivity index (χ0) is 14.6. The Hall–Kier alpha value is -1.34. The van der Waals surface area contributed by atoms with Crippen LogP contribution in [0.3, 0.4) is 0 Å². The lowest BCUT2D eigenvalue weighted by atomic mass is 10.2. The van der Waals surface area contributed by atoms with Gasteiger partial charge in [0.05, 0.1) is 22.8 Å². The summed E-state index contributed by atoms with van der Waals surface area (Å²) in [5.74, 6) is -0.142. The average Bonchev–Trinajstić information content (AvgIpc) is 2.24. The maximum atomic E-state index is 10.9. The zero-order valence-corrected chi connectivity index (χ0v) is 12.1. The minimum Gasteiger partial charge on any atom is -0.493 e. The number of nitro benzene ring substituents is 1. The number of nitro groups is 1. The van der Waals surface area contributed by atoms with Crippen LogP contribution in [0.1, 0.15) is 12.5 Å². The maximum absolute atomic E-state index is 10.9. The highest BCUT2D eigenvalue weighted by Gasteiger charge is 2.17. The van der Waals surface area contributed by atoms with Crippen molar-refractivity contribution in [3.63, 3.8) is 0 Å². The van der Waals surface area contributed by atoms with Crippen LogP contribution in [-0.4, -0.2) is 25.7 Å². The fraction of sp³-hybridized carbons (Fsp3) is 0.455. The molecule has 0 spiro atoms. The Bertz CT molecular complexity index is 572. The van der Waals surface area contributed by atoms with Crippen LogP contribution in [0.2, 0.25) is 0 Å². The van der Waals surface area contributed by atoms with Gasteiger partial charge in [0.1, 0.15) is 5.75 Å². The topological polar surface area (TPSA) is 86.5 Å². The Labute approximate surface area is 115 Å². The van der Waals surface area contributed by atoms with Crippen molar-refractivity contribution in [2.24, 2.45) is 5.92 Å². The van der Waals surface area contributed by atoms with E-state index in [1.165, 1.54) is 12.1 Å². The molecular weight excluding hydrogens is 294 g/mol. The molecule has 0 aromatic heterocycles. The summed E-state index contributed by atoms with van der Waals surface area (Å²) in [6.45, 7) is 3.37. The summed E-state index contributed by atoms with van der Waals surface area (Å²) in [6.07, 6.45) is 0.